The average molecular weight is 112 g/mol. The van der Waals surface area contributed by atoms with E-state index in [4.69, 9.17) is 0 Å². The number of aliphatic imine (C=N–C) groups is 2. The van der Waals surface area contributed by atoms with Crippen molar-refractivity contribution < 1.29 is 0 Å². The maximum absolute atomic E-state index is 4.02. The van der Waals surface area contributed by atoms with Gasteiger partial charge in [-0.25, -0.2) is 0 Å². The van der Waals surface area contributed by atoms with Crippen molar-refractivity contribution in [2.45, 2.75) is 26.3 Å². The van der Waals surface area contributed by atoms with Crippen molar-refractivity contribution in [2.24, 2.45) is 9.98 Å². The zero-order valence-corrected chi connectivity index (χ0v) is 5.68. The van der Waals surface area contributed by atoms with Crippen molar-refractivity contribution in [1.82, 2.24) is 0 Å². The molecule has 2 nitrogen and oxygen atoms in total. The highest BCUT2D eigenvalue weighted by Crippen LogP contribution is 2.03. The molecule has 8 heavy (non-hydrogen) atoms. The molecule has 0 saturated carbocycles. The zero-order valence-electron chi connectivity index (χ0n) is 5.68. The molecule has 0 spiro atoms. The summed E-state index contributed by atoms with van der Waals surface area (Å²) in [6.45, 7) is 9.29. The molecule has 2 heteroatoms. The van der Waals surface area contributed by atoms with Gasteiger partial charge < -0.3 is 0 Å². The van der Waals surface area contributed by atoms with E-state index in [1.54, 1.807) is 0 Å². The average Bonchev–Trinajstić information content (AvgIpc) is 1.59. The predicted molar refractivity (Wildman–Crippen MR) is 37.8 cm³/mol. The smallest absolute Gasteiger partial charge is 0.109 e. The minimum absolute atomic E-state index is 0.0127. The van der Waals surface area contributed by atoms with Crippen LogP contribution in [0.15, 0.2) is 9.98 Å². The first-order chi connectivity index (χ1) is 3.56. The van der Waals surface area contributed by atoms with Gasteiger partial charge in [0.15, 0.2) is 0 Å². The number of rotatable bonds is 1. The Balaban J connectivity index is 3.69. The lowest BCUT2D eigenvalue weighted by Gasteiger charge is -2.08. The third-order valence-corrected chi connectivity index (χ3v) is 0.527. The Morgan fingerprint density at radius 2 is 1.88 bits per heavy atom. The summed E-state index contributed by atoms with van der Waals surface area (Å²) in [5, 5.41) is 0. The molecule has 0 heterocycles. The molecule has 0 aliphatic heterocycles. The largest absolute Gasteiger partial charge is 0.268 e. The van der Waals surface area contributed by atoms with Crippen LogP contribution in [0.1, 0.15) is 20.8 Å². The Kier molecular flexibility index (Phi) is 2.38. The molecule has 0 saturated heterocycles. The normalized spacial score (nSPS) is 12.4. The molecule has 0 bridgehead atoms. The second kappa shape index (κ2) is 2.60. The standard InChI is InChI=1S/C6H12N2/c1-6(2,3)8-5-7-4/h5H,4H2,1-3H3. The Labute approximate surface area is 50.4 Å². The molecule has 46 valence electrons. The van der Waals surface area contributed by atoms with Crippen molar-refractivity contribution in [3.05, 3.63) is 0 Å². The van der Waals surface area contributed by atoms with E-state index in [-0.39, 0.29) is 5.54 Å². The summed E-state index contributed by atoms with van der Waals surface area (Å²) >= 11 is 0. The van der Waals surface area contributed by atoms with Gasteiger partial charge in [-0.3, -0.25) is 9.98 Å². The van der Waals surface area contributed by atoms with Crippen molar-refractivity contribution in [2.75, 3.05) is 0 Å². The van der Waals surface area contributed by atoms with Crippen LogP contribution >= 0.6 is 0 Å². The molecule has 0 amide bonds. The third kappa shape index (κ3) is 5.34. The van der Waals surface area contributed by atoms with Crippen LogP contribution < -0.4 is 0 Å². The van der Waals surface area contributed by atoms with Crippen LogP contribution in [-0.4, -0.2) is 18.6 Å². The highest BCUT2D eigenvalue weighted by Gasteiger charge is 2.03. The fraction of sp³-hybridized carbons (Fsp3) is 0.667. The molecule has 0 rings (SSSR count). The minimum Gasteiger partial charge on any atom is -0.268 e. The maximum atomic E-state index is 4.02. The van der Waals surface area contributed by atoms with E-state index in [2.05, 4.69) is 16.7 Å². The number of nitrogens with zero attached hydrogens (tertiary/aromatic N) is 2. The van der Waals surface area contributed by atoms with Gasteiger partial charge >= 0.3 is 0 Å². The second-order valence-electron chi connectivity index (χ2n) is 2.60. The Bertz CT molecular complexity index is 97.6. The molecule has 0 radical (unpaired) electrons. The summed E-state index contributed by atoms with van der Waals surface area (Å²) in [7, 11) is 0. The van der Waals surface area contributed by atoms with Gasteiger partial charge in [0.05, 0.1) is 5.54 Å². The highest BCUT2D eigenvalue weighted by molar-refractivity contribution is 5.62. The lowest BCUT2D eigenvalue weighted by Crippen LogP contribution is -2.08. The third-order valence-electron chi connectivity index (χ3n) is 0.527. The van der Waals surface area contributed by atoms with Gasteiger partial charge in [-0.05, 0) is 27.5 Å². The summed E-state index contributed by atoms with van der Waals surface area (Å²) in [5.74, 6) is 0. The van der Waals surface area contributed by atoms with Crippen LogP contribution in [0.2, 0.25) is 0 Å². The van der Waals surface area contributed by atoms with Crippen LogP contribution in [0.25, 0.3) is 0 Å². The van der Waals surface area contributed by atoms with Crippen molar-refractivity contribution >= 4 is 13.1 Å². The van der Waals surface area contributed by atoms with Crippen LogP contribution in [0.3, 0.4) is 0 Å². The molecule has 0 unspecified atom stereocenters. The lowest BCUT2D eigenvalue weighted by atomic mass is 10.1. The number of hydrogen-bond acceptors (Lipinski definition) is 1. The monoisotopic (exact) mass is 112 g/mol. The van der Waals surface area contributed by atoms with Gasteiger partial charge in [0, 0.05) is 0 Å². The molecule has 0 N–H and O–H groups in total. The van der Waals surface area contributed by atoms with Crippen LogP contribution in [0.4, 0.5) is 0 Å². The van der Waals surface area contributed by atoms with Gasteiger partial charge in [0.25, 0.3) is 0 Å². The second-order valence-corrected chi connectivity index (χ2v) is 2.60. The van der Waals surface area contributed by atoms with Crippen LogP contribution in [0, 0.1) is 0 Å². The molecular formula is C6H12N2. The SMILES string of the molecule is C=NC=NC(C)(C)C. The van der Waals surface area contributed by atoms with Gasteiger partial charge in [0.1, 0.15) is 6.34 Å². The first-order valence-electron chi connectivity index (χ1n) is 2.56. The van der Waals surface area contributed by atoms with E-state index >= 15 is 0 Å². The van der Waals surface area contributed by atoms with Gasteiger partial charge in [-0.2, -0.15) is 0 Å². The molecule has 0 aromatic rings. The Hall–Kier alpha value is -0.660. The van der Waals surface area contributed by atoms with E-state index in [1.165, 1.54) is 6.34 Å². The Morgan fingerprint density at radius 1 is 1.38 bits per heavy atom. The summed E-state index contributed by atoms with van der Waals surface area (Å²) < 4.78 is 0. The van der Waals surface area contributed by atoms with E-state index in [0.29, 0.717) is 0 Å². The summed E-state index contributed by atoms with van der Waals surface area (Å²) in [4.78, 5) is 7.50. The molecule has 0 fully saturated rings. The van der Waals surface area contributed by atoms with Crippen LogP contribution in [-0.2, 0) is 0 Å². The van der Waals surface area contributed by atoms with Gasteiger partial charge in [-0.15, -0.1) is 0 Å². The topological polar surface area (TPSA) is 24.7 Å². The molecule has 0 aromatic carbocycles. The van der Waals surface area contributed by atoms with Crippen molar-refractivity contribution in [3.8, 4) is 0 Å². The summed E-state index contributed by atoms with van der Waals surface area (Å²) in [6, 6.07) is 0. The highest BCUT2D eigenvalue weighted by atomic mass is 14.9. The van der Waals surface area contributed by atoms with E-state index in [1.807, 2.05) is 20.8 Å². The summed E-state index contributed by atoms with van der Waals surface area (Å²) in [6.07, 6.45) is 1.47. The maximum Gasteiger partial charge on any atom is 0.109 e. The zero-order chi connectivity index (χ0) is 6.62. The van der Waals surface area contributed by atoms with E-state index in [9.17, 15) is 0 Å². The molecule has 0 atom stereocenters. The van der Waals surface area contributed by atoms with Gasteiger partial charge in [0.2, 0.25) is 0 Å². The molecule has 0 aliphatic carbocycles. The van der Waals surface area contributed by atoms with E-state index < -0.39 is 0 Å². The summed E-state index contributed by atoms with van der Waals surface area (Å²) in [5.41, 5.74) is -0.0127. The van der Waals surface area contributed by atoms with Gasteiger partial charge in [-0.1, -0.05) is 0 Å². The first kappa shape index (κ1) is 7.34. The predicted octanol–water partition coefficient (Wildman–Crippen LogP) is 1.51. The molecular weight excluding hydrogens is 100 g/mol. The fourth-order valence-electron chi connectivity index (χ4n) is 0.214. The lowest BCUT2D eigenvalue weighted by molar-refractivity contribution is 0.586. The fourth-order valence-corrected chi connectivity index (χ4v) is 0.214. The molecule has 0 aromatic heterocycles. The van der Waals surface area contributed by atoms with Crippen LogP contribution in [0.5, 0.6) is 0 Å². The first-order valence-corrected chi connectivity index (χ1v) is 2.56. The van der Waals surface area contributed by atoms with Crippen molar-refractivity contribution in [3.63, 3.8) is 0 Å². The van der Waals surface area contributed by atoms with Crippen molar-refractivity contribution in [1.29, 1.82) is 0 Å². The molecule has 0 aliphatic rings. The quantitative estimate of drug-likeness (QED) is 0.363. The van der Waals surface area contributed by atoms with E-state index in [0.717, 1.165) is 0 Å². The minimum atomic E-state index is -0.0127. The Morgan fingerprint density at radius 3 is 2.00 bits per heavy atom. The number of hydrogen-bond donors (Lipinski definition) is 0.